The monoisotopic (exact) mass is 791 g/mol. The highest BCUT2D eigenvalue weighted by Crippen LogP contribution is 2.36. The molecule has 2 heterocycles. The van der Waals surface area contributed by atoms with Crippen molar-refractivity contribution in [2.24, 2.45) is 0 Å². The summed E-state index contributed by atoms with van der Waals surface area (Å²) in [6.07, 6.45) is 4.87. The number of fused-ring (bicyclic) bond motifs is 1. The van der Waals surface area contributed by atoms with E-state index >= 15 is 0 Å². The second-order valence-corrected chi connectivity index (χ2v) is 15.4. The van der Waals surface area contributed by atoms with Crippen LogP contribution in [-0.2, 0) is 14.4 Å². The Hall–Kier alpha value is -5.19. The summed E-state index contributed by atoms with van der Waals surface area (Å²) in [6.45, 7) is 0.855. The van der Waals surface area contributed by atoms with E-state index < -0.39 is 29.7 Å². The molecule has 6 rings (SSSR count). The van der Waals surface area contributed by atoms with Gasteiger partial charge in [-0.1, -0.05) is 91.7 Å². The Morgan fingerprint density at radius 1 is 0.804 bits per heavy atom. The van der Waals surface area contributed by atoms with Crippen LogP contribution in [0.15, 0.2) is 108 Å². The van der Waals surface area contributed by atoms with Crippen molar-refractivity contribution in [1.29, 1.82) is 0 Å². The fraction of sp³-hybridized carbons (Fsp3) is 0.311. The van der Waals surface area contributed by atoms with Crippen LogP contribution in [0.2, 0.25) is 0 Å². The lowest BCUT2D eigenvalue weighted by atomic mass is 9.88. The molecule has 4 aromatic carbocycles. The van der Waals surface area contributed by atoms with Crippen LogP contribution >= 0.6 is 23.4 Å². The van der Waals surface area contributed by atoms with Crippen molar-refractivity contribution in [3.05, 3.63) is 131 Å². The Bertz CT molecular complexity index is 2070. The molecule has 290 valence electrons. The molecule has 1 saturated heterocycles. The Labute approximate surface area is 337 Å². The first-order valence-electron chi connectivity index (χ1n) is 19.1. The molecular weight excluding hydrogens is 746 g/mol. The smallest absolute Gasteiger partial charge is 0.263 e. The maximum atomic E-state index is 13.3. The number of amides is 5. The van der Waals surface area contributed by atoms with E-state index in [-0.39, 0.29) is 24.3 Å². The third-order valence-electron chi connectivity index (χ3n) is 10.1. The van der Waals surface area contributed by atoms with E-state index in [4.69, 9.17) is 16.3 Å². The maximum Gasteiger partial charge on any atom is 0.263 e. The molecule has 1 unspecified atom stereocenters. The standard InChI is InChI=1S/C45H46ClN3O6S/c1-48(28-29-55-34-22-20-33(21-23-34)41(32-15-8-5-9-16-32)35(26-27-46)31-13-6-4-7-14-31)40(51)19-10-2-3-11-30-56-38-18-12-17-36-42(38)45(54)49(44(36)53)37-24-25-39(50)47-43(37)52/h4-9,12-18,20-23,37H,2-3,10-11,19,24-30H2,1H3,(H,47,50,52)/b41-35-. The zero-order valence-corrected chi connectivity index (χ0v) is 33.1. The highest BCUT2D eigenvalue weighted by Gasteiger charge is 2.45. The van der Waals surface area contributed by atoms with E-state index in [9.17, 15) is 24.0 Å². The Morgan fingerprint density at radius 2 is 1.48 bits per heavy atom. The van der Waals surface area contributed by atoms with E-state index in [1.807, 2.05) is 54.6 Å². The lowest BCUT2D eigenvalue weighted by molar-refractivity contribution is -0.136. The molecule has 0 bridgehead atoms. The number of benzene rings is 4. The van der Waals surface area contributed by atoms with Crippen LogP contribution in [0.3, 0.4) is 0 Å². The highest BCUT2D eigenvalue weighted by molar-refractivity contribution is 7.99. The normalized spacial score (nSPS) is 15.7. The molecule has 0 saturated carbocycles. The van der Waals surface area contributed by atoms with Crippen molar-refractivity contribution in [3.8, 4) is 5.75 Å². The van der Waals surface area contributed by atoms with Crippen molar-refractivity contribution in [3.63, 3.8) is 0 Å². The number of carbonyl (C=O) groups excluding carboxylic acids is 5. The van der Waals surface area contributed by atoms with Gasteiger partial charge in [-0.25, -0.2) is 0 Å². The number of rotatable bonds is 18. The first kappa shape index (κ1) is 40.5. The number of nitrogens with one attached hydrogen (secondary N) is 1. The van der Waals surface area contributed by atoms with E-state index in [1.54, 1.807) is 24.1 Å². The van der Waals surface area contributed by atoms with Crippen LogP contribution < -0.4 is 10.1 Å². The first-order chi connectivity index (χ1) is 27.3. The number of likely N-dealkylation sites (N-methyl/N-ethyl adjacent to an activating group) is 1. The SMILES string of the molecule is CN(CCOc1ccc(/C(=C(/CCCl)c2ccccc2)c2ccccc2)cc1)C(=O)CCCCCCSc1cccc2c1C(=O)N(C1CCC(=O)NC1=O)C2=O. The summed E-state index contributed by atoms with van der Waals surface area (Å²) in [5, 5.41) is 2.23. The van der Waals surface area contributed by atoms with Gasteiger partial charge in [0.15, 0.2) is 0 Å². The lowest BCUT2D eigenvalue weighted by Crippen LogP contribution is -2.54. The number of halogens is 1. The summed E-state index contributed by atoms with van der Waals surface area (Å²) in [5.74, 6) is 0.0572. The number of alkyl halides is 1. The minimum Gasteiger partial charge on any atom is -0.492 e. The van der Waals surface area contributed by atoms with Crippen molar-refractivity contribution in [2.45, 2.75) is 62.3 Å². The molecule has 1 fully saturated rings. The molecule has 2 aliphatic rings. The van der Waals surface area contributed by atoms with E-state index in [0.29, 0.717) is 35.9 Å². The number of piperidine rings is 1. The summed E-state index contributed by atoms with van der Waals surface area (Å²) >= 11 is 7.81. The van der Waals surface area contributed by atoms with Gasteiger partial charge in [0.2, 0.25) is 17.7 Å². The average Bonchev–Trinajstić information content (AvgIpc) is 3.47. The molecule has 0 spiro atoms. The van der Waals surface area contributed by atoms with Crippen LogP contribution in [0.25, 0.3) is 11.1 Å². The van der Waals surface area contributed by atoms with Gasteiger partial charge in [-0.05, 0) is 83.5 Å². The van der Waals surface area contributed by atoms with E-state index in [0.717, 1.165) is 70.8 Å². The number of hydrogen-bond acceptors (Lipinski definition) is 7. The molecule has 1 atom stereocenters. The van der Waals surface area contributed by atoms with Gasteiger partial charge in [0, 0.05) is 30.7 Å². The lowest BCUT2D eigenvalue weighted by Gasteiger charge is -2.27. The van der Waals surface area contributed by atoms with E-state index in [1.165, 1.54) is 17.3 Å². The number of thioether (sulfide) groups is 1. The van der Waals surface area contributed by atoms with Crippen molar-refractivity contribution < 1.29 is 28.7 Å². The van der Waals surface area contributed by atoms with Crippen LogP contribution in [-0.4, -0.2) is 77.2 Å². The summed E-state index contributed by atoms with van der Waals surface area (Å²) in [5.41, 5.74) is 6.29. The molecule has 4 aromatic rings. The summed E-state index contributed by atoms with van der Waals surface area (Å²) in [4.78, 5) is 66.7. The highest BCUT2D eigenvalue weighted by atomic mass is 35.5. The summed E-state index contributed by atoms with van der Waals surface area (Å²) in [7, 11) is 1.80. The zero-order valence-electron chi connectivity index (χ0n) is 31.5. The van der Waals surface area contributed by atoms with Gasteiger partial charge in [0.05, 0.1) is 17.7 Å². The topological polar surface area (TPSA) is 113 Å². The number of nitrogens with zero attached hydrogens (tertiary/aromatic N) is 2. The van der Waals surface area contributed by atoms with Gasteiger partial charge in [-0.15, -0.1) is 23.4 Å². The minimum atomic E-state index is -0.983. The first-order valence-corrected chi connectivity index (χ1v) is 20.6. The van der Waals surface area contributed by atoms with Gasteiger partial charge >= 0.3 is 0 Å². The molecule has 1 N–H and O–H groups in total. The predicted molar refractivity (Wildman–Crippen MR) is 221 cm³/mol. The van der Waals surface area contributed by atoms with Gasteiger partial charge in [0.1, 0.15) is 18.4 Å². The number of allylic oxidation sites excluding steroid dienone is 1. The molecule has 11 heteroatoms. The van der Waals surface area contributed by atoms with Crippen molar-refractivity contribution in [1.82, 2.24) is 15.1 Å². The number of carbonyl (C=O) groups is 5. The summed E-state index contributed by atoms with van der Waals surface area (Å²) < 4.78 is 6.05. The minimum absolute atomic E-state index is 0.0762. The Morgan fingerprint density at radius 3 is 2.18 bits per heavy atom. The quantitative estimate of drug-likeness (QED) is 0.0355. The average molecular weight is 792 g/mol. The molecule has 0 aromatic heterocycles. The molecule has 9 nitrogen and oxygen atoms in total. The largest absolute Gasteiger partial charge is 0.492 e. The van der Waals surface area contributed by atoms with Gasteiger partial charge in [0.25, 0.3) is 11.8 Å². The predicted octanol–water partition coefficient (Wildman–Crippen LogP) is 8.26. The number of ether oxygens (including phenoxy) is 1. The number of unbranched alkanes of at least 4 members (excludes halogenated alkanes) is 3. The zero-order chi connectivity index (χ0) is 39.4. The van der Waals surface area contributed by atoms with Crippen LogP contribution in [0, 0.1) is 0 Å². The molecule has 56 heavy (non-hydrogen) atoms. The second kappa shape index (κ2) is 19.6. The van der Waals surface area contributed by atoms with E-state index in [2.05, 4.69) is 41.7 Å². The molecule has 2 aliphatic heterocycles. The third kappa shape index (κ3) is 9.78. The van der Waals surface area contributed by atoms with Crippen LogP contribution in [0.4, 0.5) is 0 Å². The second-order valence-electron chi connectivity index (χ2n) is 13.9. The molecule has 0 radical (unpaired) electrons. The fourth-order valence-electron chi connectivity index (χ4n) is 7.12. The summed E-state index contributed by atoms with van der Waals surface area (Å²) in [6, 6.07) is 33.0. The Kier molecular flexibility index (Phi) is 14.2. The van der Waals surface area contributed by atoms with Gasteiger partial charge in [-0.3, -0.25) is 34.2 Å². The molecule has 5 amide bonds. The van der Waals surface area contributed by atoms with Crippen molar-refractivity contribution in [2.75, 3.05) is 31.8 Å². The maximum absolute atomic E-state index is 13.3. The molecule has 0 aliphatic carbocycles. The third-order valence-corrected chi connectivity index (χ3v) is 11.4. The van der Waals surface area contributed by atoms with Gasteiger partial charge in [-0.2, -0.15) is 0 Å². The number of hydrogen-bond donors (Lipinski definition) is 1. The van der Waals surface area contributed by atoms with Crippen molar-refractivity contribution >= 4 is 64.0 Å². The number of imide groups is 2. The van der Waals surface area contributed by atoms with Gasteiger partial charge < -0.3 is 9.64 Å². The Balaban J connectivity index is 0.922. The van der Waals surface area contributed by atoms with Crippen LogP contribution in [0.5, 0.6) is 5.75 Å². The van der Waals surface area contributed by atoms with Crippen LogP contribution in [0.1, 0.15) is 88.8 Å². The molecular formula is C45H46ClN3O6S. The fourth-order valence-corrected chi connectivity index (χ4v) is 8.39.